The predicted octanol–water partition coefficient (Wildman–Crippen LogP) is 2.18. The number of hydrogen-bond donors (Lipinski definition) is 1. The monoisotopic (exact) mass is 278 g/mol. The van der Waals surface area contributed by atoms with Crippen LogP contribution in [0.3, 0.4) is 0 Å². The van der Waals surface area contributed by atoms with Gasteiger partial charge in [0, 0.05) is 19.6 Å². The lowest BCUT2D eigenvalue weighted by Crippen LogP contribution is -2.52. The summed E-state index contributed by atoms with van der Waals surface area (Å²) < 4.78 is 37.6. The molecule has 1 amide bonds. The maximum absolute atomic E-state index is 12.5. The van der Waals surface area contributed by atoms with Crippen LogP contribution in [-0.4, -0.2) is 42.7 Å². The van der Waals surface area contributed by atoms with Crippen LogP contribution in [0.25, 0.3) is 0 Å². The average molecular weight is 278 g/mol. The van der Waals surface area contributed by atoms with Crippen molar-refractivity contribution in [3.05, 3.63) is 0 Å². The number of carbonyl (C=O) groups is 1. The summed E-state index contributed by atoms with van der Waals surface area (Å²) in [5, 5.41) is 2.77. The Balaban J connectivity index is 1.87. The summed E-state index contributed by atoms with van der Waals surface area (Å²) >= 11 is 0. The molecular formula is C13H21F3N2O. The Kier molecular flexibility index (Phi) is 3.82. The van der Waals surface area contributed by atoms with Crippen LogP contribution in [0.4, 0.5) is 13.2 Å². The van der Waals surface area contributed by atoms with E-state index in [0.717, 1.165) is 6.42 Å². The van der Waals surface area contributed by atoms with Crippen LogP contribution >= 0.6 is 0 Å². The number of nitrogens with one attached hydrogen (secondary N) is 1. The molecule has 2 heterocycles. The normalized spacial score (nSPS) is 31.5. The zero-order valence-corrected chi connectivity index (χ0v) is 11.4. The van der Waals surface area contributed by atoms with E-state index < -0.39 is 18.1 Å². The van der Waals surface area contributed by atoms with E-state index in [4.69, 9.17) is 0 Å². The molecule has 0 aromatic heterocycles. The third-order valence-corrected chi connectivity index (χ3v) is 4.16. The molecule has 0 aromatic rings. The summed E-state index contributed by atoms with van der Waals surface area (Å²) in [5.41, 5.74) is 0.124. The first kappa shape index (κ1) is 14.6. The minimum atomic E-state index is -4.16. The lowest BCUT2D eigenvalue weighted by molar-refractivity contribution is -0.180. The molecule has 2 unspecified atom stereocenters. The van der Waals surface area contributed by atoms with Crippen LogP contribution < -0.4 is 5.32 Å². The number of nitrogens with zero attached hydrogens (tertiary/aromatic N) is 1. The van der Waals surface area contributed by atoms with E-state index in [9.17, 15) is 18.0 Å². The molecule has 2 fully saturated rings. The summed E-state index contributed by atoms with van der Waals surface area (Å²) in [6, 6.07) is -0.438. The van der Waals surface area contributed by atoms with E-state index in [0.29, 0.717) is 13.1 Å². The third-order valence-electron chi connectivity index (χ3n) is 4.16. The van der Waals surface area contributed by atoms with E-state index in [1.807, 2.05) is 0 Å². The molecule has 0 saturated carbocycles. The fourth-order valence-electron chi connectivity index (χ4n) is 2.87. The van der Waals surface area contributed by atoms with Gasteiger partial charge in [-0.1, -0.05) is 13.8 Å². The SMILES string of the molecule is CC1(C)CCN(C(=O)C2CCC(C(F)(F)F)CN2)C1. The Bertz CT molecular complexity index is 346. The highest BCUT2D eigenvalue weighted by Gasteiger charge is 2.43. The second-order valence-electron chi connectivity index (χ2n) is 6.45. The molecule has 0 aliphatic carbocycles. The van der Waals surface area contributed by atoms with E-state index in [1.54, 1.807) is 4.90 Å². The van der Waals surface area contributed by atoms with Gasteiger partial charge in [0.25, 0.3) is 0 Å². The molecule has 3 nitrogen and oxygen atoms in total. The molecule has 0 radical (unpaired) electrons. The van der Waals surface area contributed by atoms with Crippen LogP contribution in [-0.2, 0) is 4.79 Å². The van der Waals surface area contributed by atoms with E-state index in [2.05, 4.69) is 19.2 Å². The van der Waals surface area contributed by atoms with Gasteiger partial charge >= 0.3 is 6.18 Å². The summed E-state index contributed by atoms with van der Waals surface area (Å²) in [6.45, 7) is 5.49. The molecule has 6 heteroatoms. The molecule has 110 valence electrons. The van der Waals surface area contributed by atoms with Crippen molar-refractivity contribution in [3.63, 3.8) is 0 Å². The van der Waals surface area contributed by atoms with E-state index in [1.165, 1.54) is 0 Å². The molecule has 0 aromatic carbocycles. The lowest BCUT2D eigenvalue weighted by Gasteiger charge is -2.32. The van der Waals surface area contributed by atoms with Gasteiger partial charge in [-0.2, -0.15) is 13.2 Å². The van der Waals surface area contributed by atoms with Crippen LogP contribution in [0.2, 0.25) is 0 Å². The summed E-state index contributed by atoms with van der Waals surface area (Å²) in [5.74, 6) is -1.35. The number of hydrogen-bond acceptors (Lipinski definition) is 2. The maximum Gasteiger partial charge on any atom is 0.393 e. The minimum Gasteiger partial charge on any atom is -0.341 e. The Morgan fingerprint density at radius 2 is 2.00 bits per heavy atom. The van der Waals surface area contributed by atoms with E-state index >= 15 is 0 Å². The number of rotatable bonds is 1. The first-order valence-corrected chi connectivity index (χ1v) is 6.78. The van der Waals surface area contributed by atoms with Crippen LogP contribution in [0, 0.1) is 11.3 Å². The zero-order valence-electron chi connectivity index (χ0n) is 11.4. The smallest absolute Gasteiger partial charge is 0.341 e. The van der Waals surface area contributed by atoms with Crippen molar-refractivity contribution in [3.8, 4) is 0 Å². The average Bonchev–Trinajstić information content (AvgIpc) is 2.68. The highest BCUT2D eigenvalue weighted by atomic mass is 19.4. The van der Waals surface area contributed by atoms with Gasteiger partial charge < -0.3 is 10.2 Å². The third kappa shape index (κ3) is 3.41. The molecule has 2 aliphatic heterocycles. The van der Waals surface area contributed by atoms with Crippen molar-refractivity contribution in [2.24, 2.45) is 11.3 Å². The van der Waals surface area contributed by atoms with Gasteiger partial charge in [0.1, 0.15) is 0 Å². The molecule has 0 spiro atoms. The number of alkyl halides is 3. The molecule has 19 heavy (non-hydrogen) atoms. The standard InChI is InChI=1S/C13H21F3N2O/c1-12(2)5-6-18(8-12)11(19)10-4-3-9(7-17-10)13(14,15)16/h9-10,17H,3-8H2,1-2H3. The number of halogens is 3. The van der Waals surface area contributed by atoms with Crippen LogP contribution in [0.5, 0.6) is 0 Å². The quantitative estimate of drug-likeness (QED) is 0.797. The Labute approximate surface area is 111 Å². The topological polar surface area (TPSA) is 32.3 Å². The molecule has 1 N–H and O–H groups in total. The van der Waals surface area contributed by atoms with Crippen LogP contribution in [0.15, 0.2) is 0 Å². The fraction of sp³-hybridized carbons (Fsp3) is 0.923. The number of piperidine rings is 1. The first-order valence-electron chi connectivity index (χ1n) is 6.78. The molecule has 2 atom stereocenters. The Morgan fingerprint density at radius 3 is 2.42 bits per heavy atom. The van der Waals surface area contributed by atoms with Crippen molar-refractivity contribution in [1.29, 1.82) is 0 Å². The van der Waals surface area contributed by atoms with Crippen molar-refractivity contribution >= 4 is 5.91 Å². The van der Waals surface area contributed by atoms with Crippen molar-refractivity contribution in [2.75, 3.05) is 19.6 Å². The summed E-state index contributed by atoms with van der Waals surface area (Å²) in [4.78, 5) is 14.0. The summed E-state index contributed by atoms with van der Waals surface area (Å²) in [6.07, 6.45) is -2.88. The van der Waals surface area contributed by atoms with Gasteiger partial charge in [-0.15, -0.1) is 0 Å². The number of likely N-dealkylation sites (tertiary alicyclic amines) is 1. The lowest BCUT2D eigenvalue weighted by atomic mass is 9.92. The first-order chi connectivity index (χ1) is 8.69. The minimum absolute atomic E-state index is 0.0359. The highest BCUT2D eigenvalue weighted by molar-refractivity contribution is 5.82. The second kappa shape index (κ2) is 4.96. The Hall–Kier alpha value is -0.780. The largest absolute Gasteiger partial charge is 0.393 e. The van der Waals surface area contributed by atoms with Gasteiger partial charge in [-0.05, 0) is 24.7 Å². The highest BCUT2D eigenvalue weighted by Crippen LogP contribution is 2.33. The van der Waals surface area contributed by atoms with Gasteiger partial charge in [-0.25, -0.2) is 0 Å². The number of amides is 1. The van der Waals surface area contributed by atoms with Gasteiger partial charge in [0.15, 0.2) is 0 Å². The van der Waals surface area contributed by atoms with Crippen molar-refractivity contribution in [1.82, 2.24) is 10.2 Å². The second-order valence-corrected chi connectivity index (χ2v) is 6.45. The molecule has 2 rings (SSSR count). The summed E-state index contributed by atoms with van der Waals surface area (Å²) in [7, 11) is 0. The van der Waals surface area contributed by atoms with Gasteiger partial charge in [0.2, 0.25) is 5.91 Å². The zero-order chi connectivity index (χ0) is 14.3. The van der Waals surface area contributed by atoms with Crippen molar-refractivity contribution in [2.45, 2.75) is 45.3 Å². The van der Waals surface area contributed by atoms with E-state index in [-0.39, 0.29) is 30.7 Å². The Morgan fingerprint density at radius 1 is 1.32 bits per heavy atom. The maximum atomic E-state index is 12.5. The van der Waals surface area contributed by atoms with Crippen molar-refractivity contribution < 1.29 is 18.0 Å². The molecule has 2 saturated heterocycles. The fourth-order valence-corrected chi connectivity index (χ4v) is 2.87. The number of carbonyl (C=O) groups excluding carboxylic acids is 1. The predicted molar refractivity (Wildman–Crippen MR) is 65.5 cm³/mol. The molecule has 2 aliphatic rings. The van der Waals surface area contributed by atoms with Gasteiger partial charge in [0.05, 0.1) is 12.0 Å². The molecular weight excluding hydrogens is 257 g/mol. The molecule has 0 bridgehead atoms. The van der Waals surface area contributed by atoms with Gasteiger partial charge in [-0.3, -0.25) is 4.79 Å². The van der Waals surface area contributed by atoms with Crippen LogP contribution in [0.1, 0.15) is 33.1 Å².